The van der Waals surface area contributed by atoms with E-state index in [0.717, 1.165) is 27.8 Å². The number of benzene rings is 2. The summed E-state index contributed by atoms with van der Waals surface area (Å²) in [6.45, 7) is 6.06. The number of anilines is 1. The molecule has 0 N–H and O–H groups in total. The molecule has 2 heterocycles. The van der Waals surface area contributed by atoms with Gasteiger partial charge in [-0.3, -0.25) is 9.59 Å². The van der Waals surface area contributed by atoms with Crippen molar-refractivity contribution in [3.05, 3.63) is 75.1 Å². The molecule has 0 radical (unpaired) electrons. The smallest absolute Gasteiger partial charge is 0.336 e. The maximum Gasteiger partial charge on any atom is 0.336 e. The van der Waals surface area contributed by atoms with Crippen molar-refractivity contribution < 1.29 is 18.7 Å². The number of carbonyl (C=O) groups excluding carboxylic acids is 2. The summed E-state index contributed by atoms with van der Waals surface area (Å²) in [6, 6.07) is 12.8. The molecule has 1 aliphatic rings. The van der Waals surface area contributed by atoms with E-state index >= 15 is 0 Å². The van der Waals surface area contributed by atoms with Gasteiger partial charge in [-0.25, -0.2) is 4.79 Å². The first kappa shape index (κ1) is 19.9. The van der Waals surface area contributed by atoms with Gasteiger partial charge in [-0.15, -0.1) is 0 Å². The van der Waals surface area contributed by atoms with E-state index in [9.17, 15) is 14.4 Å². The van der Waals surface area contributed by atoms with Crippen LogP contribution < -0.4 is 10.5 Å². The van der Waals surface area contributed by atoms with Gasteiger partial charge >= 0.3 is 11.6 Å². The fourth-order valence-corrected chi connectivity index (χ4v) is 3.75. The lowest BCUT2D eigenvalue weighted by molar-refractivity contribution is -0.149. The molecule has 154 valence electrons. The Kier molecular flexibility index (Phi) is 5.16. The zero-order valence-electron chi connectivity index (χ0n) is 17.2. The summed E-state index contributed by atoms with van der Waals surface area (Å²) in [5.74, 6) is -1.07. The molecular weight excluding hydrogens is 382 g/mol. The van der Waals surface area contributed by atoms with E-state index in [0.29, 0.717) is 11.1 Å². The molecule has 0 unspecified atom stereocenters. The maximum atomic E-state index is 12.6. The number of hydrogen-bond acceptors (Lipinski definition) is 5. The number of ether oxygens (including phenoxy) is 1. The third-order valence-electron chi connectivity index (χ3n) is 5.69. The first-order valence-electron chi connectivity index (χ1n) is 9.90. The van der Waals surface area contributed by atoms with Crippen LogP contribution in [0.2, 0.25) is 0 Å². The Morgan fingerprint density at radius 1 is 1.10 bits per heavy atom. The van der Waals surface area contributed by atoms with E-state index in [1.807, 2.05) is 57.2 Å². The number of hydrogen-bond donors (Lipinski definition) is 0. The molecule has 2 aromatic carbocycles. The fraction of sp³-hybridized carbons (Fsp3) is 0.292. The first-order chi connectivity index (χ1) is 14.3. The summed E-state index contributed by atoms with van der Waals surface area (Å²) in [5, 5.41) is 0.745. The van der Waals surface area contributed by atoms with Crippen molar-refractivity contribution in [2.45, 2.75) is 33.8 Å². The Labute approximate surface area is 174 Å². The number of fused-ring (bicyclic) bond motifs is 1. The number of carbonyl (C=O) groups is 2. The standard InChI is InChI=1S/C24H23NO5/c1-14-4-7-19(8-5-14)25-12-17(10-21(25)26)24(28)29-13-18-11-22(27)30-23-16(3)15(2)6-9-20(18)23/h4-9,11,17H,10,12-13H2,1-3H3/t17-/m1/s1. The minimum atomic E-state index is -0.533. The number of nitrogens with zero attached hydrogens (tertiary/aromatic N) is 1. The number of rotatable bonds is 4. The van der Waals surface area contributed by atoms with E-state index in [2.05, 4.69) is 0 Å². The second-order valence-corrected chi connectivity index (χ2v) is 7.82. The Morgan fingerprint density at radius 3 is 2.57 bits per heavy atom. The minimum Gasteiger partial charge on any atom is -0.461 e. The number of esters is 1. The molecule has 4 rings (SSSR count). The second-order valence-electron chi connectivity index (χ2n) is 7.82. The average molecular weight is 405 g/mol. The van der Waals surface area contributed by atoms with E-state index < -0.39 is 17.5 Å². The van der Waals surface area contributed by atoms with Crippen LogP contribution in [0.1, 0.15) is 28.7 Å². The van der Waals surface area contributed by atoms with Gasteiger partial charge in [-0.1, -0.05) is 29.8 Å². The van der Waals surface area contributed by atoms with Crippen molar-refractivity contribution in [2.75, 3.05) is 11.4 Å². The Balaban J connectivity index is 1.49. The molecule has 0 bridgehead atoms. The molecule has 1 fully saturated rings. The predicted octanol–water partition coefficient (Wildman–Crippen LogP) is 3.81. The predicted molar refractivity (Wildman–Crippen MR) is 113 cm³/mol. The lowest BCUT2D eigenvalue weighted by Gasteiger charge is -2.17. The van der Waals surface area contributed by atoms with Gasteiger partial charge in [0.2, 0.25) is 5.91 Å². The SMILES string of the molecule is Cc1ccc(N2C[C@H](C(=O)OCc3cc(=O)oc4c(C)c(C)ccc34)CC2=O)cc1. The van der Waals surface area contributed by atoms with Gasteiger partial charge in [-0.2, -0.15) is 0 Å². The van der Waals surface area contributed by atoms with Gasteiger partial charge in [-0.05, 0) is 44.0 Å². The highest BCUT2D eigenvalue weighted by Crippen LogP contribution is 2.27. The van der Waals surface area contributed by atoms with Gasteiger partial charge < -0.3 is 14.1 Å². The molecule has 3 aromatic rings. The molecule has 1 aromatic heterocycles. The minimum absolute atomic E-state index is 0.0430. The average Bonchev–Trinajstić information content (AvgIpc) is 3.11. The Hall–Kier alpha value is -3.41. The van der Waals surface area contributed by atoms with Crippen LogP contribution in [0.25, 0.3) is 11.0 Å². The quantitative estimate of drug-likeness (QED) is 0.487. The van der Waals surface area contributed by atoms with Crippen LogP contribution in [0.3, 0.4) is 0 Å². The summed E-state index contributed by atoms with van der Waals surface area (Å²) in [7, 11) is 0. The van der Waals surface area contributed by atoms with Crippen molar-refractivity contribution in [3.63, 3.8) is 0 Å². The van der Waals surface area contributed by atoms with Crippen LogP contribution in [0, 0.1) is 26.7 Å². The molecule has 1 saturated heterocycles. The molecule has 1 atom stereocenters. The Morgan fingerprint density at radius 2 is 1.83 bits per heavy atom. The van der Waals surface area contributed by atoms with Crippen molar-refractivity contribution in [1.29, 1.82) is 0 Å². The van der Waals surface area contributed by atoms with Crippen molar-refractivity contribution in [2.24, 2.45) is 5.92 Å². The molecular formula is C24H23NO5. The second kappa shape index (κ2) is 7.78. The van der Waals surface area contributed by atoms with Crippen LogP contribution >= 0.6 is 0 Å². The third-order valence-corrected chi connectivity index (χ3v) is 5.69. The number of aryl methyl sites for hydroxylation is 3. The van der Waals surface area contributed by atoms with E-state index in [1.54, 1.807) is 4.90 Å². The highest BCUT2D eigenvalue weighted by molar-refractivity contribution is 5.99. The maximum absolute atomic E-state index is 12.6. The molecule has 0 saturated carbocycles. The van der Waals surface area contributed by atoms with Crippen molar-refractivity contribution in [3.8, 4) is 0 Å². The highest BCUT2D eigenvalue weighted by Gasteiger charge is 2.36. The first-order valence-corrected chi connectivity index (χ1v) is 9.90. The summed E-state index contributed by atoms with van der Waals surface area (Å²) in [6.07, 6.45) is 0.114. The molecule has 30 heavy (non-hydrogen) atoms. The van der Waals surface area contributed by atoms with Crippen LogP contribution in [-0.2, 0) is 20.9 Å². The van der Waals surface area contributed by atoms with Gasteiger partial charge in [0.25, 0.3) is 0 Å². The molecule has 0 spiro atoms. The molecule has 6 nitrogen and oxygen atoms in total. The summed E-state index contributed by atoms with van der Waals surface area (Å²) >= 11 is 0. The van der Waals surface area contributed by atoms with Crippen LogP contribution in [-0.4, -0.2) is 18.4 Å². The van der Waals surface area contributed by atoms with E-state index in [-0.39, 0.29) is 25.5 Å². The Bertz CT molecular complexity index is 1190. The van der Waals surface area contributed by atoms with Crippen molar-refractivity contribution in [1.82, 2.24) is 0 Å². The highest BCUT2D eigenvalue weighted by atomic mass is 16.5. The topological polar surface area (TPSA) is 76.8 Å². The largest absolute Gasteiger partial charge is 0.461 e. The monoisotopic (exact) mass is 405 g/mol. The lowest BCUT2D eigenvalue weighted by Crippen LogP contribution is -2.26. The molecule has 1 amide bonds. The van der Waals surface area contributed by atoms with Gasteiger partial charge in [0.1, 0.15) is 12.2 Å². The van der Waals surface area contributed by atoms with Crippen LogP contribution in [0.4, 0.5) is 5.69 Å². The normalized spacial score (nSPS) is 16.3. The van der Waals surface area contributed by atoms with Gasteiger partial charge in [0, 0.05) is 35.7 Å². The fourth-order valence-electron chi connectivity index (χ4n) is 3.75. The van der Waals surface area contributed by atoms with E-state index in [4.69, 9.17) is 9.15 Å². The summed E-state index contributed by atoms with van der Waals surface area (Å²) < 4.78 is 10.9. The summed E-state index contributed by atoms with van der Waals surface area (Å²) in [5.41, 5.74) is 4.40. The molecule has 6 heteroatoms. The van der Waals surface area contributed by atoms with Crippen LogP contribution in [0.15, 0.2) is 51.7 Å². The van der Waals surface area contributed by atoms with Crippen molar-refractivity contribution >= 4 is 28.5 Å². The number of amides is 1. The zero-order valence-corrected chi connectivity index (χ0v) is 17.2. The van der Waals surface area contributed by atoms with Gasteiger partial charge in [0.05, 0.1) is 5.92 Å². The van der Waals surface area contributed by atoms with Crippen LogP contribution in [0.5, 0.6) is 0 Å². The third kappa shape index (κ3) is 3.73. The van der Waals surface area contributed by atoms with Gasteiger partial charge in [0.15, 0.2) is 0 Å². The van der Waals surface area contributed by atoms with E-state index in [1.165, 1.54) is 6.07 Å². The molecule has 0 aliphatic carbocycles. The lowest BCUT2D eigenvalue weighted by atomic mass is 10.0. The molecule has 1 aliphatic heterocycles. The zero-order chi connectivity index (χ0) is 21.4. The summed E-state index contributed by atoms with van der Waals surface area (Å²) in [4.78, 5) is 38.6.